The van der Waals surface area contributed by atoms with Crippen molar-refractivity contribution in [2.24, 2.45) is 15.7 Å². The normalized spacial score (nSPS) is 18.3. The fourth-order valence-corrected chi connectivity index (χ4v) is 9.38. The molecule has 9 rings (SSSR count). The molecule has 2 atom stereocenters. The van der Waals surface area contributed by atoms with Crippen molar-refractivity contribution in [3.8, 4) is 11.1 Å². The third-order valence-corrected chi connectivity index (χ3v) is 12.1. The molecule has 0 radical (unpaired) electrons. The van der Waals surface area contributed by atoms with Crippen LogP contribution in [0.5, 0.6) is 0 Å². The average Bonchev–Trinajstić information content (AvgIpc) is 3.78. The highest BCUT2D eigenvalue weighted by molar-refractivity contribution is 7.20. The molecular formula is C48H42N4S. The van der Waals surface area contributed by atoms with E-state index >= 15 is 0 Å². The number of rotatable bonds is 5. The summed E-state index contributed by atoms with van der Waals surface area (Å²) in [5.74, 6) is 1.39. The summed E-state index contributed by atoms with van der Waals surface area (Å²) >= 11 is 1.81. The third-order valence-electron chi connectivity index (χ3n) is 10.9. The maximum Gasteiger partial charge on any atom is 0.157 e. The molecule has 4 nitrogen and oxygen atoms in total. The van der Waals surface area contributed by atoms with Gasteiger partial charge in [-0.05, 0) is 101 Å². The van der Waals surface area contributed by atoms with E-state index in [1.54, 1.807) is 0 Å². The van der Waals surface area contributed by atoms with Gasteiger partial charge in [-0.25, -0.2) is 4.99 Å². The number of nitrogens with two attached hydrogens (primary N) is 1. The number of para-hydroxylation sites is 1. The summed E-state index contributed by atoms with van der Waals surface area (Å²) in [6, 6.07) is 39.2. The number of benzene rings is 5. The zero-order valence-electron chi connectivity index (χ0n) is 30.2. The van der Waals surface area contributed by atoms with Gasteiger partial charge >= 0.3 is 0 Å². The first-order valence-electron chi connectivity index (χ1n) is 18.7. The van der Waals surface area contributed by atoms with Crippen LogP contribution < -0.4 is 10.6 Å². The number of hydrogen-bond acceptors (Lipinski definition) is 3. The standard InChI is InChI=1S/C48H42N4S/c1-31-14-4-3-11-27-52(44-23-9-7-18-38(31)44)37-17-12-16-35(30-37)48(50-32(2)33-25-26-40-36(28-33)29-34-15-5-6-19-39(34)40)51-47(49)43-22-13-21-42-41-20-8-10-24-45(41)53-46(42)43/h3-7,9-19,21-26,28,30-32H,8,20,27,29H2,1-2H3,(H2,49,50,51)/b11-3-,14-4-. The second-order valence-corrected chi connectivity index (χ2v) is 15.3. The van der Waals surface area contributed by atoms with Gasteiger partial charge in [0.25, 0.3) is 0 Å². The third kappa shape index (κ3) is 6.25. The van der Waals surface area contributed by atoms with E-state index in [0.29, 0.717) is 11.7 Å². The predicted molar refractivity (Wildman–Crippen MR) is 226 cm³/mol. The van der Waals surface area contributed by atoms with Crippen LogP contribution in [0, 0.1) is 0 Å². The molecule has 3 aliphatic rings. The number of hydrogen-bond donors (Lipinski definition) is 1. The van der Waals surface area contributed by atoms with Crippen LogP contribution in [0.4, 0.5) is 11.4 Å². The quantitative estimate of drug-likeness (QED) is 0.143. The molecule has 0 bridgehead atoms. The van der Waals surface area contributed by atoms with Crippen LogP contribution in [-0.2, 0) is 12.8 Å². The van der Waals surface area contributed by atoms with Gasteiger partial charge in [-0.3, -0.25) is 4.99 Å². The molecule has 6 aromatic rings. The molecule has 0 saturated heterocycles. The Bertz CT molecular complexity index is 2530. The van der Waals surface area contributed by atoms with E-state index in [4.69, 9.17) is 15.7 Å². The van der Waals surface area contributed by atoms with Crippen molar-refractivity contribution in [3.63, 3.8) is 0 Å². The number of amidine groups is 2. The van der Waals surface area contributed by atoms with Crippen LogP contribution in [0.1, 0.15) is 76.0 Å². The summed E-state index contributed by atoms with van der Waals surface area (Å²) in [7, 11) is 0. The Morgan fingerprint density at radius 3 is 2.64 bits per heavy atom. The van der Waals surface area contributed by atoms with E-state index in [1.165, 1.54) is 59.6 Å². The number of aryl methyl sites for hydroxylation is 1. The van der Waals surface area contributed by atoms with E-state index in [1.807, 2.05) is 11.3 Å². The molecule has 0 fully saturated rings. The van der Waals surface area contributed by atoms with Crippen LogP contribution in [-0.4, -0.2) is 18.2 Å². The van der Waals surface area contributed by atoms with Crippen LogP contribution in [0.2, 0.25) is 0 Å². The molecule has 5 aromatic carbocycles. The molecule has 2 unspecified atom stereocenters. The molecule has 1 aliphatic heterocycles. The Balaban J connectivity index is 1.15. The highest BCUT2D eigenvalue weighted by atomic mass is 32.1. The largest absolute Gasteiger partial charge is 0.383 e. The Kier molecular flexibility index (Phi) is 8.73. The van der Waals surface area contributed by atoms with Crippen LogP contribution in [0.15, 0.2) is 150 Å². The summed E-state index contributed by atoms with van der Waals surface area (Å²) in [5.41, 5.74) is 20.5. The van der Waals surface area contributed by atoms with Gasteiger partial charge in [0, 0.05) is 44.5 Å². The van der Waals surface area contributed by atoms with E-state index in [0.717, 1.165) is 42.6 Å². The van der Waals surface area contributed by atoms with Gasteiger partial charge in [0.2, 0.25) is 0 Å². The SMILES string of the molecule is CC1/C=C\C=C/CN(c2cccc(C(=N/C(C)c3ccc4c(c3)Cc3ccccc3-4)/N=C(\N)c3cccc4c5c(sc34)C=CCC5)c2)c2ccccc21. The second kappa shape index (κ2) is 14.0. The maximum absolute atomic E-state index is 7.04. The zero-order valence-corrected chi connectivity index (χ0v) is 31.0. The fourth-order valence-electron chi connectivity index (χ4n) is 8.08. The lowest BCUT2D eigenvalue weighted by atomic mass is 9.98. The average molecular weight is 707 g/mol. The van der Waals surface area contributed by atoms with Crippen molar-refractivity contribution in [3.05, 3.63) is 183 Å². The summed E-state index contributed by atoms with van der Waals surface area (Å²) in [6.07, 6.45) is 16.4. The predicted octanol–water partition coefficient (Wildman–Crippen LogP) is 11.7. The molecule has 0 saturated carbocycles. The molecule has 53 heavy (non-hydrogen) atoms. The van der Waals surface area contributed by atoms with Crippen molar-refractivity contribution in [2.75, 3.05) is 11.4 Å². The Hall–Kier alpha value is -5.78. The highest BCUT2D eigenvalue weighted by Gasteiger charge is 2.22. The van der Waals surface area contributed by atoms with E-state index in [-0.39, 0.29) is 12.0 Å². The molecule has 0 amide bonds. The lowest BCUT2D eigenvalue weighted by Crippen LogP contribution is -2.20. The number of nitrogens with zero attached hydrogens (tertiary/aromatic N) is 3. The van der Waals surface area contributed by atoms with Crippen molar-refractivity contribution in [1.82, 2.24) is 0 Å². The first-order chi connectivity index (χ1) is 26.0. The van der Waals surface area contributed by atoms with Crippen molar-refractivity contribution in [2.45, 2.75) is 45.1 Å². The van der Waals surface area contributed by atoms with Gasteiger partial charge in [-0.15, -0.1) is 11.3 Å². The number of allylic oxidation sites excluding steroid dienone is 4. The molecular weight excluding hydrogens is 665 g/mol. The number of fused-ring (bicyclic) bond motifs is 7. The van der Waals surface area contributed by atoms with Gasteiger partial charge in [-0.1, -0.05) is 122 Å². The number of anilines is 2. The Morgan fingerprint density at radius 2 is 1.70 bits per heavy atom. The minimum absolute atomic E-state index is 0.144. The number of thiophene rings is 1. The molecule has 5 heteroatoms. The van der Waals surface area contributed by atoms with E-state index in [9.17, 15) is 0 Å². The van der Waals surface area contributed by atoms with Gasteiger partial charge in [0.1, 0.15) is 5.84 Å². The molecule has 260 valence electrons. The Labute approximate surface area is 316 Å². The zero-order chi connectivity index (χ0) is 35.9. The van der Waals surface area contributed by atoms with E-state index in [2.05, 4.69) is 164 Å². The summed E-state index contributed by atoms with van der Waals surface area (Å²) in [4.78, 5) is 14.3. The van der Waals surface area contributed by atoms with Gasteiger partial charge < -0.3 is 10.6 Å². The molecule has 1 aromatic heterocycles. The first kappa shape index (κ1) is 33.1. The van der Waals surface area contributed by atoms with Crippen molar-refractivity contribution in [1.29, 1.82) is 0 Å². The lowest BCUT2D eigenvalue weighted by Gasteiger charge is -2.27. The van der Waals surface area contributed by atoms with Crippen molar-refractivity contribution < 1.29 is 0 Å². The lowest BCUT2D eigenvalue weighted by molar-refractivity contribution is 0.817. The van der Waals surface area contributed by atoms with Gasteiger partial charge in [0.05, 0.1) is 6.04 Å². The van der Waals surface area contributed by atoms with Gasteiger partial charge in [-0.2, -0.15) is 0 Å². The fraction of sp³-hybridized carbons (Fsp3) is 0.167. The smallest absolute Gasteiger partial charge is 0.157 e. The summed E-state index contributed by atoms with van der Waals surface area (Å²) < 4.78 is 1.19. The maximum atomic E-state index is 7.04. The van der Waals surface area contributed by atoms with Crippen LogP contribution in [0.3, 0.4) is 0 Å². The summed E-state index contributed by atoms with van der Waals surface area (Å²) in [6.45, 7) is 5.16. The van der Waals surface area contributed by atoms with Crippen LogP contribution in [0.25, 0.3) is 27.3 Å². The monoisotopic (exact) mass is 706 g/mol. The molecule has 2 N–H and O–H groups in total. The van der Waals surface area contributed by atoms with Crippen LogP contribution >= 0.6 is 11.3 Å². The second-order valence-electron chi connectivity index (χ2n) is 14.3. The Morgan fingerprint density at radius 1 is 0.849 bits per heavy atom. The minimum atomic E-state index is -0.144. The number of aliphatic imine (C=N–C) groups is 2. The molecule has 2 heterocycles. The highest BCUT2D eigenvalue weighted by Crippen LogP contribution is 2.40. The minimum Gasteiger partial charge on any atom is -0.383 e. The first-order valence-corrected chi connectivity index (χ1v) is 19.5. The summed E-state index contributed by atoms with van der Waals surface area (Å²) in [5, 5.41) is 1.28. The topological polar surface area (TPSA) is 54.0 Å². The van der Waals surface area contributed by atoms with Crippen molar-refractivity contribution >= 4 is 50.5 Å². The van der Waals surface area contributed by atoms with E-state index < -0.39 is 0 Å². The van der Waals surface area contributed by atoms with Gasteiger partial charge in [0.15, 0.2) is 5.84 Å². The molecule has 0 spiro atoms. The molecule has 2 aliphatic carbocycles.